The molecule has 0 amide bonds. The van der Waals surface area contributed by atoms with Gasteiger partial charge in [-0.25, -0.2) is 4.79 Å². The van der Waals surface area contributed by atoms with Crippen molar-refractivity contribution in [3.8, 4) is 0 Å². The fraction of sp³-hybridized carbons (Fsp3) is 0.118. The summed E-state index contributed by atoms with van der Waals surface area (Å²) in [5.41, 5.74) is 1.63. The van der Waals surface area contributed by atoms with Crippen LogP contribution in [0.5, 0.6) is 0 Å². The first kappa shape index (κ1) is 11.7. The molecule has 3 rings (SSSR count). The van der Waals surface area contributed by atoms with Crippen molar-refractivity contribution in [3.05, 3.63) is 59.7 Å². The first-order valence-electron chi connectivity index (χ1n) is 6.38. The van der Waals surface area contributed by atoms with Crippen molar-refractivity contribution in [1.29, 1.82) is 0 Å². The van der Waals surface area contributed by atoms with E-state index in [-0.39, 0.29) is 0 Å². The van der Waals surface area contributed by atoms with Crippen molar-refractivity contribution in [2.75, 3.05) is 0 Å². The predicted octanol–water partition coefficient (Wildman–Crippen LogP) is 4.25. The molecule has 19 heavy (non-hydrogen) atoms. The summed E-state index contributed by atoms with van der Waals surface area (Å²) in [5.74, 6) is -0.884. The van der Waals surface area contributed by atoms with E-state index < -0.39 is 5.97 Å². The zero-order valence-corrected chi connectivity index (χ0v) is 10.7. The minimum atomic E-state index is -0.884. The maximum atomic E-state index is 11.1. The zero-order valence-electron chi connectivity index (χ0n) is 10.7. The van der Waals surface area contributed by atoms with Crippen LogP contribution >= 0.6 is 0 Å². The number of hydrogen-bond acceptors (Lipinski definition) is 1. The molecule has 0 aromatic heterocycles. The lowest BCUT2D eigenvalue weighted by atomic mass is 9.95. The van der Waals surface area contributed by atoms with E-state index >= 15 is 0 Å². The number of aromatic carboxylic acids is 1. The molecule has 1 N–H and O–H groups in total. The lowest BCUT2D eigenvalue weighted by Crippen LogP contribution is -1.96. The minimum Gasteiger partial charge on any atom is -0.478 e. The zero-order chi connectivity index (χ0) is 13.4. The highest BCUT2D eigenvalue weighted by Gasteiger charge is 2.08. The van der Waals surface area contributed by atoms with Crippen LogP contribution in [0.25, 0.3) is 21.5 Å². The minimum absolute atomic E-state index is 0.335. The van der Waals surface area contributed by atoms with Gasteiger partial charge in [0, 0.05) is 0 Å². The predicted molar refractivity (Wildman–Crippen MR) is 77.8 cm³/mol. The molecule has 0 aliphatic rings. The molecule has 0 atom stereocenters. The van der Waals surface area contributed by atoms with Gasteiger partial charge in [0.1, 0.15) is 0 Å². The van der Waals surface area contributed by atoms with Gasteiger partial charge in [-0.05, 0) is 45.7 Å². The van der Waals surface area contributed by atoms with E-state index in [2.05, 4.69) is 25.1 Å². The smallest absolute Gasteiger partial charge is 0.335 e. The largest absolute Gasteiger partial charge is 0.478 e. The van der Waals surface area contributed by atoms with Crippen LogP contribution in [0.15, 0.2) is 48.5 Å². The Morgan fingerprint density at radius 2 is 1.74 bits per heavy atom. The number of carboxylic acids is 1. The molecule has 0 unspecified atom stereocenters. The van der Waals surface area contributed by atoms with Gasteiger partial charge in [0.05, 0.1) is 5.56 Å². The topological polar surface area (TPSA) is 37.3 Å². The number of carboxylic acid groups (broad SMARTS) is 1. The lowest BCUT2D eigenvalue weighted by molar-refractivity contribution is 0.0697. The molecule has 0 aliphatic carbocycles. The average molecular weight is 250 g/mol. The van der Waals surface area contributed by atoms with Crippen LogP contribution in [0, 0.1) is 0 Å². The van der Waals surface area contributed by atoms with Crippen molar-refractivity contribution in [2.24, 2.45) is 0 Å². The molecule has 0 saturated carbocycles. The van der Waals surface area contributed by atoms with Gasteiger partial charge in [0.25, 0.3) is 0 Å². The first-order valence-corrected chi connectivity index (χ1v) is 6.38. The number of rotatable bonds is 2. The molecular weight excluding hydrogens is 236 g/mol. The van der Waals surface area contributed by atoms with Crippen LogP contribution in [0.2, 0.25) is 0 Å². The third-order valence-corrected chi connectivity index (χ3v) is 3.57. The van der Waals surface area contributed by atoms with E-state index in [0.29, 0.717) is 5.56 Å². The maximum absolute atomic E-state index is 11.1. The van der Waals surface area contributed by atoms with E-state index in [1.54, 1.807) is 12.1 Å². The molecule has 2 heteroatoms. The van der Waals surface area contributed by atoms with Gasteiger partial charge in [-0.15, -0.1) is 0 Å². The van der Waals surface area contributed by atoms with E-state index in [0.717, 1.165) is 22.6 Å². The summed E-state index contributed by atoms with van der Waals surface area (Å²) in [4.78, 5) is 11.1. The van der Waals surface area contributed by atoms with Gasteiger partial charge in [-0.1, -0.05) is 43.3 Å². The summed E-state index contributed by atoms with van der Waals surface area (Å²) in [7, 11) is 0. The Hall–Kier alpha value is -2.35. The van der Waals surface area contributed by atoms with Crippen LogP contribution in [0.4, 0.5) is 0 Å². The van der Waals surface area contributed by atoms with Crippen LogP contribution in [-0.2, 0) is 6.42 Å². The van der Waals surface area contributed by atoms with Gasteiger partial charge < -0.3 is 5.11 Å². The summed E-state index contributed by atoms with van der Waals surface area (Å²) in [6.07, 6.45) is 0.969. The molecule has 2 nitrogen and oxygen atoms in total. The van der Waals surface area contributed by atoms with Crippen molar-refractivity contribution in [1.82, 2.24) is 0 Å². The first-order chi connectivity index (χ1) is 9.20. The summed E-state index contributed by atoms with van der Waals surface area (Å²) in [5, 5.41) is 13.6. The second kappa shape index (κ2) is 4.39. The average Bonchev–Trinajstić information content (AvgIpc) is 2.45. The lowest BCUT2D eigenvalue weighted by Gasteiger charge is -2.09. The van der Waals surface area contributed by atoms with E-state index in [1.165, 1.54) is 10.9 Å². The Kier molecular flexibility index (Phi) is 2.71. The Bertz CT molecular complexity index is 788. The van der Waals surface area contributed by atoms with Gasteiger partial charge in [-0.2, -0.15) is 0 Å². The van der Waals surface area contributed by atoms with Crippen molar-refractivity contribution in [3.63, 3.8) is 0 Å². The molecule has 0 radical (unpaired) electrons. The standard InChI is InChI=1S/C17H14O2/c1-2-11-9-12-7-8-13(17(18)19)10-16(12)15-6-4-3-5-14(11)15/h3-10H,2H2,1H3,(H,18,19). The Labute approximate surface area is 111 Å². The second-order valence-corrected chi connectivity index (χ2v) is 4.68. The van der Waals surface area contributed by atoms with Gasteiger partial charge in [0.15, 0.2) is 0 Å². The summed E-state index contributed by atoms with van der Waals surface area (Å²) < 4.78 is 0. The van der Waals surface area contributed by atoms with Crippen molar-refractivity contribution >= 4 is 27.5 Å². The molecule has 0 saturated heterocycles. The third-order valence-electron chi connectivity index (χ3n) is 3.57. The Balaban J connectivity index is 2.47. The highest BCUT2D eigenvalue weighted by molar-refractivity contribution is 6.10. The molecule has 3 aromatic carbocycles. The fourth-order valence-electron chi connectivity index (χ4n) is 2.60. The molecule has 0 fully saturated rings. The number of fused-ring (bicyclic) bond motifs is 3. The van der Waals surface area contributed by atoms with Crippen LogP contribution in [0.1, 0.15) is 22.8 Å². The highest BCUT2D eigenvalue weighted by atomic mass is 16.4. The number of hydrogen-bond donors (Lipinski definition) is 1. The van der Waals surface area contributed by atoms with Gasteiger partial charge in [0.2, 0.25) is 0 Å². The van der Waals surface area contributed by atoms with Crippen LogP contribution < -0.4 is 0 Å². The molecule has 94 valence electrons. The third kappa shape index (κ3) is 1.85. The fourth-order valence-corrected chi connectivity index (χ4v) is 2.60. The summed E-state index contributed by atoms with van der Waals surface area (Å²) >= 11 is 0. The summed E-state index contributed by atoms with van der Waals surface area (Å²) in [6.45, 7) is 2.14. The number of aryl methyl sites for hydroxylation is 1. The second-order valence-electron chi connectivity index (χ2n) is 4.68. The highest BCUT2D eigenvalue weighted by Crippen LogP contribution is 2.29. The van der Waals surface area contributed by atoms with Crippen molar-refractivity contribution in [2.45, 2.75) is 13.3 Å². The van der Waals surface area contributed by atoms with E-state index in [1.807, 2.05) is 18.2 Å². The Morgan fingerprint density at radius 3 is 2.42 bits per heavy atom. The van der Waals surface area contributed by atoms with Crippen molar-refractivity contribution < 1.29 is 9.90 Å². The van der Waals surface area contributed by atoms with Crippen LogP contribution in [-0.4, -0.2) is 11.1 Å². The van der Waals surface area contributed by atoms with Crippen LogP contribution in [0.3, 0.4) is 0 Å². The molecule has 0 aliphatic heterocycles. The normalized spacial score (nSPS) is 11.0. The quantitative estimate of drug-likeness (QED) is 0.690. The molecule has 3 aromatic rings. The maximum Gasteiger partial charge on any atom is 0.335 e. The molecule has 0 heterocycles. The number of carbonyl (C=O) groups is 1. The SMILES string of the molecule is CCc1cc2ccc(C(=O)O)cc2c2ccccc12. The summed E-state index contributed by atoms with van der Waals surface area (Å²) in [6, 6.07) is 15.7. The van der Waals surface area contributed by atoms with E-state index in [9.17, 15) is 4.79 Å². The van der Waals surface area contributed by atoms with Gasteiger partial charge in [-0.3, -0.25) is 0 Å². The monoisotopic (exact) mass is 250 g/mol. The van der Waals surface area contributed by atoms with Gasteiger partial charge >= 0.3 is 5.97 Å². The molecular formula is C17H14O2. The Morgan fingerprint density at radius 1 is 1.00 bits per heavy atom. The number of benzene rings is 3. The molecule has 0 bridgehead atoms. The van der Waals surface area contributed by atoms with E-state index in [4.69, 9.17) is 5.11 Å². The molecule has 0 spiro atoms.